The Kier molecular flexibility index (Phi) is 2.83. The zero-order valence-electron chi connectivity index (χ0n) is 7.52. The first-order valence-electron chi connectivity index (χ1n) is 4.08. The first-order chi connectivity index (χ1) is 5.24. The molecule has 0 bridgehead atoms. The highest BCUT2D eigenvalue weighted by atomic mass is 14.9. The third-order valence-corrected chi connectivity index (χ3v) is 2.07. The lowest BCUT2D eigenvalue weighted by Crippen LogP contribution is -2.33. The summed E-state index contributed by atoms with van der Waals surface area (Å²) in [5.41, 5.74) is 2.83. The molecule has 0 radical (unpaired) electrons. The van der Waals surface area contributed by atoms with Gasteiger partial charge < -0.3 is 5.32 Å². The number of hydrogen-bond acceptors (Lipinski definition) is 2. The molecule has 0 amide bonds. The largest absolute Gasteiger partial charge is 0.310 e. The van der Waals surface area contributed by atoms with Crippen LogP contribution in [0.25, 0.3) is 0 Å². The highest BCUT2D eigenvalue weighted by Gasteiger charge is 2.11. The van der Waals surface area contributed by atoms with Gasteiger partial charge in [-0.2, -0.15) is 0 Å². The van der Waals surface area contributed by atoms with Crippen LogP contribution < -0.4 is 5.32 Å². The lowest BCUT2D eigenvalue weighted by Gasteiger charge is -2.22. The second-order valence-electron chi connectivity index (χ2n) is 3.18. The van der Waals surface area contributed by atoms with E-state index < -0.39 is 0 Å². The molecule has 1 aliphatic rings. The Hall–Kier alpha value is -0.630. The summed E-state index contributed by atoms with van der Waals surface area (Å²) in [4.78, 5) is 4.03. The van der Waals surface area contributed by atoms with Crippen molar-refractivity contribution in [3.05, 3.63) is 11.1 Å². The van der Waals surface area contributed by atoms with Gasteiger partial charge in [0.1, 0.15) is 0 Å². The quantitative estimate of drug-likeness (QED) is 0.564. The van der Waals surface area contributed by atoms with Crippen LogP contribution in [0.5, 0.6) is 0 Å². The van der Waals surface area contributed by atoms with Crippen LogP contribution in [0.1, 0.15) is 20.3 Å². The Bertz CT molecular complexity index is 192. The van der Waals surface area contributed by atoms with Crippen molar-refractivity contribution in [1.82, 2.24) is 5.32 Å². The van der Waals surface area contributed by atoms with E-state index in [4.69, 9.17) is 0 Å². The Balaban J connectivity index is 2.71. The summed E-state index contributed by atoms with van der Waals surface area (Å²) in [7, 11) is 1.83. The fourth-order valence-electron chi connectivity index (χ4n) is 1.34. The molecule has 1 aliphatic heterocycles. The van der Waals surface area contributed by atoms with E-state index in [-0.39, 0.29) is 0 Å². The predicted molar refractivity (Wildman–Crippen MR) is 49.2 cm³/mol. The molecule has 0 spiro atoms. The van der Waals surface area contributed by atoms with Gasteiger partial charge in [-0.05, 0) is 25.8 Å². The second kappa shape index (κ2) is 3.67. The normalized spacial score (nSPS) is 26.6. The summed E-state index contributed by atoms with van der Waals surface area (Å²) >= 11 is 0. The highest BCUT2D eigenvalue weighted by molar-refractivity contribution is 5.80. The molecule has 1 rings (SSSR count). The first-order valence-corrected chi connectivity index (χ1v) is 4.08. The Morgan fingerprint density at radius 1 is 1.64 bits per heavy atom. The zero-order valence-corrected chi connectivity index (χ0v) is 7.52. The average Bonchev–Trinajstić information content (AvgIpc) is 1.98. The summed E-state index contributed by atoms with van der Waals surface area (Å²) in [5.74, 6) is 0. The summed E-state index contributed by atoms with van der Waals surface area (Å²) in [6.07, 6.45) is 3.09. The minimum absolute atomic E-state index is 0.603. The molecular weight excluding hydrogens is 136 g/mol. The van der Waals surface area contributed by atoms with Crippen molar-refractivity contribution < 1.29 is 0 Å². The van der Waals surface area contributed by atoms with E-state index in [0.29, 0.717) is 6.04 Å². The maximum absolute atomic E-state index is 4.03. The standard InChI is InChI=1S/C9H16N2/c1-7-5-11-8(2)4-9(7)6-10-3/h6,8,11H,4-5H2,1-3H3/b10-6-. The molecule has 1 N–H and O–H groups in total. The maximum Gasteiger partial charge on any atom is 0.0277 e. The maximum atomic E-state index is 4.03. The van der Waals surface area contributed by atoms with Gasteiger partial charge in [0, 0.05) is 25.8 Å². The van der Waals surface area contributed by atoms with E-state index in [9.17, 15) is 0 Å². The fourth-order valence-corrected chi connectivity index (χ4v) is 1.34. The van der Waals surface area contributed by atoms with Crippen LogP contribution in [-0.4, -0.2) is 25.8 Å². The lowest BCUT2D eigenvalue weighted by atomic mass is 9.99. The van der Waals surface area contributed by atoms with E-state index >= 15 is 0 Å². The number of nitrogens with one attached hydrogen (secondary N) is 1. The lowest BCUT2D eigenvalue weighted by molar-refractivity contribution is 0.549. The Morgan fingerprint density at radius 3 is 3.00 bits per heavy atom. The van der Waals surface area contributed by atoms with Crippen molar-refractivity contribution in [2.75, 3.05) is 13.6 Å². The van der Waals surface area contributed by atoms with Crippen molar-refractivity contribution in [3.8, 4) is 0 Å². The van der Waals surface area contributed by atoms with Crippen molar-refractivity contribution in [2.45, 2.75) is 26.3 Å². The van der Waals surface area contributed by atoms with Gasteiger partial charge in [-0.3, -0.25) is 4.99 Å². The van der Waals surface area contributed by atoms with Gasteiger partial charge in [0.15, 0.2) is 0 Å². The number of aliphatic imine (C=N–C) groups is 1. The minimum Gasteiger partial charge on any atom is -0.310 e. The predicted octanol–water partition coefficient (Wildman–Crippen LogP) is 1.39. The van der Waals surface area contributed by atoms with Crippen LogP contribution >= 0.6 is 0 Å². The van der Waals surface area contributed by atoms with Gasteiger partial charge in [-0.1, -0.05) is 5.57 Å². The van der Waals surface area contributed by atoms with Crippen LogP contribution in [0.2, 0.25) is 0 Å². The third kappa shape index (κ3) is 2.15. The van der Waals surface area contributed by atoms with E-state index in [1.54, 1.807) is 0 Å². The van der Waals surface area contributed by atoms with E-state index in [1.807, 2.05) is 13.3 Å². The topological polar surface area (TPSA) is 24.4 Å². The molecule has 0 fully saturated rings. The monoisotopic (exact) mass is 152 g/mol. The van der Waals surface area contributed by atoms with Crippen molar-refractivity contribution in [3.63, 3.8) is 0 Å². The van der Waals surface area contributed by atoms with Crippen LogP contribution in [0.4, 0.5) is 0 Å². The molecule has 1 atom stereocenters. The van der Waals surface area contributed by atoms with Gasteiger partial charge in [0.2, 0.25) is 0 Å². The van der Waals surface area contributed by atoms with Gasteiger partial charge in [-0.15, -0.1) is 0 Å². The number of hydrogen-bond donors (Lipinski definition) is 1. The first kappa shape index (κ1) is 8.47. The molecule has 0 aromatic carbocycles. The van der Waals surface area contributed by atoms with E-state index in [1.165, 1.54) is 11.1 Å². The number of nitrogens with zero attached hydrogens (tertiary/aromatic N) is 1. The van der Waals surface area contributed by atoms with Crippen molar-refractivity contribution >= 4 is 6.21 Å². The van der Waals surface area contributed by atoms with Gasteiger partial charge >= 0.3 is 0 Å². The number of rotatable bonds is 1. The Morgan fingerprint density at radius 2 is 2.36 bits per heavy atom. The van der Waals surface area contributed by atoms with Crippen LogP contribution in [0.3, 0.4) is 0 Å². The summed E-state index contributed by atoms with van der Waals surface area (Å²) in [5, 5.41) is 3.40. The summed E-state index contributed by atoms with van der Waals surface area (Å²) in [6.45, 7) is 5.38. The molecule has 2 nitrogen and oxygen atoms in total. The molecule has 0 aromatic rings. The minimum atomic E-state index is 0.603. The third-order valence-electron chi connectivity index (χ3n) is 2.07. The molecule has 62 valence electrons. The smallest absolute Gasteiger partial charge is 0.0277 e. The second-order valence-corrected chi connectivity index (χ2v) is 3.18. The Labute approximate surface area is 68.4 Å². The van der Waals surface area contributed by atoms with E-state index in [0.717, 1.165) is 13.0 Å². The SMILES string of the molecule is C/N=C\C1=C(C)CNC(C)C1. The molecule has 0 saturated carbocycles. The van der Waals surface area contributed by atoms with Crippen LogP contribution in [0, 0.1) is 0 Å². The summed E-state index contributed by atoms with van der Waals surface area (Å²) < 4.78 is 0. The van der Waals surface area contributed by atoms with Gasteiger partial charge in [-0.25, -0.2) is 0 Å². The fraction of sp³-hybridized carbons (Fsp3) is 0.667. The molecule has 11 heavy (non-hydrogen) atoms. The molecule has 0 aromatic heterocycles. The average molecular weight is 152 g/mol. The van der Waals surface area contributed by atoms with Crippen molar-refractivity contribution in [2.24, 2.45) is 4.99 Å². The van der Waals surface area contributed by atoms with E-state index in [2.05, 4.69) is 24.2 Å². The summed E-state index contributed by atoms with van der Waals surface area (Å²) in [6, 6.07) is 0.603. The van der Waals surface area contributed by atoms with Gasteiger partial charge in [0.05, 0.1) is 0 Å². The molecular formula is C9H16N2. The molecule has 1 heterocycles. The molecule has 1 unspecified atom stereocenters. The molecule has 0 saturated heterocycles. The van der Waals surface area contributed by atoms with Crippen molar-refractivity contribution in [1.29, 1.82) is 0 Å². The molecule has 0 aliphatic carbocycles. The zero-order chi connectivity index (χ0) is 8.27. The molecule has 2 heteroatoms. The van der Waals surface area contributed by atoms with Crippen LogP contribution in [0.15, 0.2) is 16.1 Å². The van der Waals surface area contributed by atoms with Gasteiger partial charge in [0.25, 0.3) is 0 Å². The van der Waals surface area contributed by atoms with Crippen LogP contribution in [-0.2, 0) is 0 Å². The highest BCUT2D eigenvalue weighted by Crippen LogP contribution is 2.13.